The standard InChI is InChI=1S/C11H16N2O3S2/c1-2-7-16-10-5-3-9(4-6-10)13-18(14,15)8-11(12)17/h3-6,13H,2,7-8H2,1H3,(H2,12,17). The van der Waals surface area contributed by atoms with Gasteiger partial charge in [0.05, 0.1) is 11.6 Å². The average molecular weight is 288 g/mol. The van der Waals surface area contributed by atoms with Crippen molar-refractivity contribution in [2.75, 3.05) is 17.1 Å². The zero-order valence-corrected chi connectivity index (χ0v) is 11.7. The van der Waals surface area contributed by atoms with Crippen molar-refractivity contribution in [1.29, 1.82) is 0 Å². The molecular formula is C11H16N2O3S2. The van der Waals surface area contributed by atoms with Gasteiger partial charge in [-0.05, 0) is 30.7 Å². The quantitative estimate of drug-likeness (QED) is 0.743. The Hall–Kier alpha value is -1.34. The Bertz CT molecular complexity index is 498. The van der Waals surface area contributed by atoms with E-state index in [0.717, 1.165) is 6.42 Å². The van der Waals surface area contributed by atoms with Crippen molar-refractivity contribution >= 4 is 32.9 Å². The zero-order valence-electron chi connectivity index (χ0n) is 10.0. The fourth-order valence-electron chi connectivity index (χ4n) is 1.24. The number of hydrogen-bond acceptors (Lipinski definition) is 4. The molecular weight excluding hydrogens is 272 g/mol. The van der Waals surface area contributed by atoms with E-state index in [1.165, 1.54) is 0 Å². The van der Waals surface area contributed by atoms with Gasteiger partial charge >= 0.3 is 0 Å². The van der Waals surface area contributed by atoms with Crippen LogP contribution in [0.5, 0.6) is 5.75 Å². The van der Waals surface area contributed by atoms with Crippen LogP contribution in [0, 0.1) is 0 Å². The Morgan fingerprint density at radius 1 is 1.39 bits per heavy atom. The van der Waals surface area contributed by atoms with E-state index in [1.807, 2.05) is 6.92 Å². The van der Waals surface area contributed by atoms with E-state index in [2.05, 4.69) is 16.9 Å². The van der Waals surface area contributed by atoms with Crippen molar-refractivity contribution < 1.29 is 13.2 Å². The van der Waals surface area contributed by atoms with Crippen molar-refractivity contribution in [2.24, 2.45) is 5.73 Å². The second-order valence-electron chi connectivity index (χ2n) is 3.70. The van der Waals surface area contributed by atoms with Gasteiger partial charge in [0, 0.05) is 5.69 Å². The molecule has 0 saturated heterocycles. The van der Waals surface area contributed by atoms with Crippen LogP contribution in [-0.2, 0) is 10.0 Å². The lowest BCUT2D eigenvalue weighted by atomic mass is 10.3. The summed E-state index contributed by atoms with van der Waals surface area (Å²) >= 11 is 4.57. The Balaban J connectivity index is 2.66. The first kappa shape index (κ1) is 14.7. The number of hydrogen-bond donors (Lipinski definition) is 2. The highest BCUT2D eigenvalue weighted by molar-refractivity contribution is 7.95. The third kappa shape index (κ3) is 5.33. The monoisotopic (exact) mass is 288 g/mol. The first-order valence-electron chi connectivity index (χ1n) is 5.44. The van der Waals surface area contributed by atoms with Gasteiger partial charge in [-0.25, -0.2) is 8.42 Å². The Morgan fingerprint density at radius 2 is 2.00 bits per heavy atom. The van der Waals surface area contributed by atoms with Crippen LogP contribution in [0.2, 0.25) is 0 Å². The van der Waals surface area contributed by atoms with Gasteiger partial charge in [0.1, 0.15) is 11.5 Å². The molecule has 7 heteroatoms. The van der Waals surface area contributed by atoms with E-state index in [9.17, 15) is 8.42 Å². The van der Waals surface area contributed by atoms with Crippen LogP contribution in [0.3, 0.4) is 0 Å². The SMILES string of the molecule is CCCOc1ccc(NS(=O)(=O)CC(N)=S)cc1. The minimum absolute atomic E-state index is 0.0644. The summed E-state index contributed by atoms with van der Waals surface area (Å²) in [6.07, 6.45) is 0.919. The molecule has 0 fully saturated rings. The maximum atomic E-state index is 11.6. The summed E-state index contributed by atoms with van der Waals surface area (Å²) in [7, 11) is -3.52. The second-order valence-corrected chi connectivity index (χ2v) is 5.95. The van der Waals surface area contributed by atoms with Crippen molar-refractivity contribution in [3.8, 4) is 5.75 Å². The number of ether oxygens (including phenoxy) is 1. The van der Waals surface area contributed by atoms with E-state index >= 15 is 0 Å². The van der Waals surface area contributed by atoms with Gasteiger partial charge in [0.25, 0.3) is 0 Å². The minimum atomic E-state index is -3.52. The van der Waals surface area contributed by atoms with Gasteiger partial charge < -0.3 is 10.5 Å². The van der Waals surface area contributed by atoms with E-state index in [4.69, 9.17) is 10.5 Å². The Labute approximate surface area is 112 Å². The molecule has 0 bridgehead atoms. The number of sulfonamides is 1. The average Bonchev–Trinajstić information content (AvgIpc) is 2.26. The fraction of sp³-hybridized carbons (Fsp3) is 0.364. The molecule has 0 heterocycles. The molecule has 0 atom stereocenters. The predicted molar refractivity (Wildman–Crippen MR) is 76.4 cm³/mol. The summed E-state index contributed by atoms with van der Waals surface area (Å²) in [5, 5.41) is 0. The summed E-state index contributed by atoms with van der Waals surface area (Å²) in [6.45, 7) is 2.64. The van der Waals surface area contributed by atoms with Gasteiger partial charge in [0.2, 0.25) is 10.0 Å². The molecule has 5 nitrogen and oxygen atoms in total. The predicted octanol–water partition coefficient (Wildman–Crippen LogP) is 1.50. The fourth-order valence-corrected chi connectivity index (χ4v) is 2.65. The van der Waals surface area contributed by atoms with E-state index in [-0.39, 0.29) is 10.7 Å². The Kier molecular flexibility index (Phi) is 5.36. The van der Waals surface area contributed by atoms with Crippen LogP contribution in [-0.4, -0.2) is 25.8 Å². The van der Waals surface area contributed by atoms with Gasteiger partial charge in [-0.1, -0.05) is 19.1 Å². The summed E-state index contributed by atoms with van der Waals surface area (Å²) < 4.78 is 30.9. The smallest absolute Gasteiger partial charge is 0.239 e. The lowest BCUT2D eigenvalue weighted by Gasteiger charge is -2.08. The molecule has 1 rings (SSSR count). The summed E-state index contributed by atoms with van der Waals surface area (Å²) in [5.74, 6) is 0.338. The summed E-state index contributed by atoms with van der Waals surface area (Å²) in [5.41, 5.74) is 5.66. The van der Waals surface area contributed by atoms with Crippen LogP contribution in [0.15, 0.2) is 24.3 Å². The molecule has 0 amide bonds. The molecule has 1 aromatic rings. The van der Waals surface area contributed by atoms with Crippen LogP contribution in [0.1, 0.15) is 13.3 Å². The lowest BCUT2D eigenvalue weighted by Crippen LogP contribution is -2.26. The van der Waals surface area contributed by atoms with E-state index in [0.29, 0.717) is 18.0 Å². The molecule has 0 spiro atoms. The summed E-state index contributed by atoms with van der Waals surface area (Å²) in [4.78, 5) is -0.0644. The molecule has 0 unspecified atom stereocenters. The minimum Gasteiger partial charge on any atom is -0.494 e. The third-order valence-electron chi connectivity index (χ3n) is 1.93. The van der Waals surface area contributed by atoms with Gasteiger partial charge in [-0.2, -0.15) is 0 Å². The van der Waals surface area contributed by atoms with Gasteiger partial charge in [-0.15, -0.1) is 0 Å². The van der Waals surface area contributed by atoms with Gasteiger partial charge in [-0.3, -0.25) is 4.72 Å². The number of nitrogens with two attached hydrogens (primary N) is 1. The second kappa shape index (κ2) is 6.55. The molecule has 0 aromatic heterocycles. The van der Waals surface area contributed by atoms with Crippen molar-refractivity contribution in [2.45, 2.75) is 13.3 Å². The Morgan fingerprint density at radius 3 is 2.50 bits per heavy atom. The molecule has 3 N–H and O–H groups in total. The number of nitrogens with one attached hydrogen (secondary N) is 1. The van der Waals surface area contributed by atoms with Crippen molar-refractivity contribution in [3.05, 3.63) is 24.3 Å². The first-order chi connectivity index (χ1) is 8.43. The van der Waals surface area contributed by atoms with Crippen LogP contribution in [0.25, 0.3) is 0 Å². The molecule has 1 aromatic carbocycles. The van der Waals surface area contributed by atoms with Crippen molar-refractivity contribution in [3.63, 3.8) is 0 Å². The van der Waals surface area contributed by atoms with Gasteiger partial charge in [0.15, 0.2) is 0 Å². The molecule has 0 aliphatic rings. The molecule has 0 radical (unpaired) electrons. The molecule has 18 heavy (non-hydrogen) atoms. The third-order valence-corrected chi connectivity index (χ3v) is 3.50. The topological polar surface area (TPSA) is 81.4 Å². The highest BCUT2D eigenvalue weighted by Crippen LogP contribution is 2.16. The lowest BCUT2D eigenvalue weighted by molar-refractivity contribution is 0.317. The molecule has 0 aliphatic carbocycles. The molecule has 100 valence electrons. The normalized spacial score (nSPS) is 10.9. The zero-order chi connectivity index (χ0) is 13.6. The summed E-state index contributed by atoms with van der Waals surface area (Å²) in [6, 6.07) is 6.66. The van der Waals surface area contributed by atoms with E-state index in [1.54, 1.807) is 24.3 Å². The van der Waals surface area contributed by atoms with Crippen molar-refractivity contribution in [1.82, 2.24) is 0 Å². The van der Waals surface area contributed by atoms with Crippen LogP contribution < -0.4 is 15.2 Å². The number of thiocarbonyl (C=S) groups is 1. The largest absolute Gasteiger partial charge is 0.494 e. The highest BCUT2D eigenvalue weighted by atomic mass is 32.2. The maximum absolute atomic E-state index is 11.6. The van der Waals surface area contributed by atoms with Crippen LogP contribution >= 0.6 is 12.2 Å². The maximum Gasteiger partial charge on any atom is 0.239 e. The van der Waals surface area contributed by atoms with Crippen LogP contribution in [0.4, 0.5) is 5.69 Å². The molecule has 0 saturated carbocycles. The number of anilines is 1. The van der Waals surface area contributed by atoms with E-state index < -0.39 is 10.0 Å². The number of rotatable bonds is 7. The molecule has 0 aliphatic heterocycles. The first-order valence-corrected chi connectivity index (χ1v) is 7.50. The number of benzene rings is 1. The highest BCUT2D eigenvalue weighted by Gasteiger charge is 2.11.